The fraction of sp³-hybridized carbons (Fsp3) is 0.286. The van der Waals surface area contributed by atoms with Crippen molar-refractivity contribution >= 4 is 29.2 Å². The third kappa shape index (κ3) is 3.84. The van der Waals surface area contributed by atoms with Crippen molar-refractivity contribution < 1.29 is 19.5 Å². The minimum absolute atomic E-state index is 0.00919. The molecule has 2 aromatic carbocycles. The highest BCUT2D eigenvalue weighted by Crippen LogP contribution is 2.33. The Kier molecular flexibility index (Phi) is 4.99. The summed E-state index contributed by atoms with van der Waals surface area (Å²) in [5, 5.41) is 12.1. The van der Waals surface area contributed by atoms with Crippen LogP contribution in [0.2, 0.25) is 0 Å². The lowest BCUT2D eigenvalue weighted by atomic mass is 10.0. The van der Waals surface area contributed by atoms with E-state index in [-0.39, 0.29) is 23.3 Å². The molecule has 27 heavy (non-hydrogen) atoms. The van der Waals surface area contributed by atoms with Crippen LogP contribution in [0.5, 0.6) is 0 Å². The van der Waals surface area contributed by atoms with Crippen molar-refractivity contribution in [1.82, 2.24) is 0 Å². The van der Waals surface area contributed by atoms with Crippen LogP contribution < -0.4 is 10.2 Å². The quantitative estimate of drug-likeness (QED) is 0.846. The van der Waals surface area contributed by atoms with Crippen molar-refractivity contribution in [2.45, 2.75) is 26.7 Å². The van der Waals surface area contributed by atoms with Gasteiger partial charge in [-0.2, -0.15) is 0 Å². The second-order valence-corrected chi connectivity index (χ2v) is 6.93. The van der Waals surface area contributed by atoms with Crippen LogP contribution in [0, 0.1) is 19.8 Å². The van der Waals surface area contributed by atoms with E-state index >= 15 is 0 Å². The normalized spacial score (nSPS) is 13.1. The molecule has 6 heteroatoms. The molecule has 0 bridgehead atoms. The summed E-state index contributed by atoms with van der Waals surface area (Å²) in [5.41, 5.74) is 2.89. The maximum Gasteiger partial charge on any atom is 0.336 e. The third-order valence-electron chi connectivity index (χ3n) is 4.82. The van der Waals surface area contributed by atoms with Crippen LogP contribution in [-0.2, 0) is 4.79 Å². The number of hydrogen-bond donors (Lipinski definition) is 2. The number of benzene rings is 2. The van der Waals surface area contributed by atoms with Crippen LogP contribution in [-0.4, -0.2) is 29.9 Å². The standard InChI is InChI=1S/C21H22N2O4/c1-12-10-13(2)17(11-16(12)21(26)27)22-19(24)15-6-4-5-7-18(15)23(3)20(25)14-8-9-14/h4-7,10-11,14H,8-9H2,1-3H3,(H,22,24)(H,26,27). The van der Waals surface area contributed by atoms with E-state index in [0.29, 0.717) is 22.5 Å². The molecule has 2 aromatic rings. The van der Waals surface area contributed by atoms with Crippen LogP contribution in [0.3, 0.4) is 0 Å². The Morgan fingerprint density at radius 1 is 1.04 bits per heavy atom. The molecule has 0 radical (unpaired) electrons. The average molecular weight is 366 g/mol. The van der Waals surface area contributed by atoms with Crippen LogP contribution in [0.4, 0.5) is 11.4 Å². The number of aromatic carboxylic acids is 1. The first-order valence-corrected chi connectivity index (χ1v) is 8.82. The van der Waals surface area contributed by atoms with Gasteiger partial charge in [-0.15, -0.1) is 0 Å². The second-order valence-electron chi connectivity index (χ2n) is 6.93. The largest absolute Gasteiger partial charge is 0.478 e. The molecule has 0 heterocycles. The lowest BCUT2D eigenvalue weighted by Crippen LogP contribution is -2.30. The molecule has 6 nitrogen and oxygen atoms in total. The van der Waals surface area contributed by atoms with Crippen LogP contribution in [0.15, 0.2) is 36.4 Å². The van der Waals surface area contributed by atoms with Gasteiger partial charge in [0.1, 0.15) is 0 Å². The van der Waals surface area contributed by atoms with E-state index in [2.05, 4.69) is 5.32 Å². The van der Waals surface area contributed by atoms with E-state index in [1.54, 1.807) is 44.3 Å². The van der Waals surface area contributed by atoms with E-state index in [1.165, 1.54) is 11.0 Å². The zero-order chi connectivity index (χ0) is 19.7. The molecule has 0 aliphatic heterocycles. The molecule has 2 N–H and O–H groups in total. The fourth-order valence-electron chi connectivity index (χ4n) is 3.09. The molecule has 1 fully saturated rings. The highest BCUT2D eigenvalue weighted by molar-refractivity contribution is 6.11. The summed E-state index contributed by atoms with van der Waals surface area (Å²) in [6.07, 6.45) is 1.77. The zero-order valence-electron chi connectivity index (χ0n) is 15.6. The Labute approximate surface area is 157 Å². The molecule has 0 saturated heterocycles. The van der Waals surface area contributed by atoms with E-state index < -0.39 is 5.97 Å². The molecule has 0 unspecified atom stereocenters. The number of carboxylic acids is 1. The van der Waals surface area contributed by atoms with E-state index in [9.17, 15) is 19.5 Å². The first kappa shape index (κ1) is 18.6. The number of carboxylic acid groups (broad SMARTS) is 1. The minimum Gasteiger partial charge on any atom is -0.478 e. The van der Waals surface area contributed by atoms with Gasteiger partial charge in [-0.3, -0.25) is 9.59 Å². The van der Waals surface area contributed by atoms with Gasteiger partial charge in [0.15, 0.2) is 0 Å². The lowest BCUT2D eigenvalue weighted by Gasteiger charge is -2.20. The Morgan fingerprint density at radius 3 is 2.33 bits per heavy atom. The molecule has 0 spiro atoms. The van der Waals surface area contributed by atoms with Gasteiger partial charge in [-0.05, 0) is 56.0 Å². The predicted octanol–water partition coefficient (Wildman–Crippen LogP) is 3.63. The molecule has 2 amide bonds. The van der Waals surface area contributed by atoms with Gasteiger partial charge in [-0.25, -0.2) is 4.79 Å². The number of nitrogens with one attached hydrogen (secondary N) is 1. The van der Waals surface area contributed by atoms with Crippen molar-refractivity contribution in [3.05, 3.63) is 58.7 Å². The molecule has 3 rings (SSSR count). The van der Waals surface area contributed by atoms with Gasteiger partial charge in [0.25, 0.3) is 5.91 Å². The first-order chi connectivity index (χ1) is 12.8. The molecule has 1 aliphatic rings. The summed E-state index contributed by atoms with van der Waals surface area (Å²) in [5.74, 6) is -1.37. The number of rotatable bonds is 5. The van der Waals surface area contributed by atoms with Crippen LogP contribution in [0.25, 0.3) is 0 Å². The van der Waals surface area contributed by atoms with Gasteiger partial charge >= 0.3 is 5.97 Å². The Balaban J connectivity index is 1.90. The first-order valence-electron chi connectivity index (χ1n) is 8.82. The van der Waals surface area contributed by atoms with E-state index in [4.69, 9.17) is 0 Å². The van der Waals surface area contributed by atoms with E-state index in [1.807, 2.05) is 6.92 Å². The Hall–Kier alpha value is -3.15. The van der Waals surface area contributed by atoms with Crippen LogP contribution in [0.1, 0.15) is 44.7 Å². The topological polar surface area (TPSA) is 86.7 Å². The Morgan fingerprint density at radius 2 is 1.70 bits per heavy atom. The van der Waals surface area contributed by atoms with Gasteiger partial charge in [0.05, 0.1) is 16.8 Å². The third-order valence-corrected chi connectivity index (χ3v) is 4.82. The zero-order valence-corrected chi connectivity index (χ0v) is 15.6. The number of amides is 2. The number of para-hydroxylation sites is 1. The minimum atomic E-state index is -1.04. The summed E-state index contributed by atoms with van der Waals surface area (Å²) in [4.78, 5) is 38.1. The number of carbonyl (C=O) groups excluding carboxylic acids is 2. The highest BCUT2D eigenvalue weighted by Gasteiger charge is 2.33. The maximum absolute atomic E-state index is 12.9. The molecule has 0 atom stereocenters. The van der Waals surface area contributed by atoms with Gasteiger partial charge in [-0.1, -0.05) is 18.2 Å². The number of hydrogen-bond acceptors (Lipinski definition) is 3. The lowest BCUT2D eigenvalue weighted by molar-refractivity contribution is -0.119. The predicted molar refractivity (Wildman–Crippen MR) is 103 cm³/mol. The molecular formula is C21H22N2O4. The highest BCUT2D eigenvalue weighted by atomic mass is 16.4. The van der Waals surface area contributed by atoms with E-state index in [0.717, 1.165) is 18.4 Å². The van der Waals surface area contributed by atoms with Gasteiger partial charge < -0.3 is 15.3 Å². The van der Waals surface area contributed by atoms with Crippen molar-refractivity contribution in [2.24, 2.45) is 5.92 Å². The number of nitrogens with zero attached hydrogens (tertiary/aromatic N) is 1. The molecule has 1 saturated carbocycles. The SMILES string of the molecule is Cc1cc(C)c(C(=O)O)cc1NC(=O)c1ccccc1N(C)C(=O)C1CC1. The van der Waals surface area contributed by atoms with Crippen molar-refractivity contribution in [2.75, 3.05) is 17.3 Å². The van der Waals surface area contributed by atoms with Crippen molar-refractivity contribution in [3.63, 3.8) is 0 Å². The number of aryl methyl sites for hydroxylation is 2. The smallest absolute Gasteiger partial charge is 0.336 e. The molecular weight excluding hydrogens is 344 g/mol. The summed E-state index contributed by atoms with van der Waals surface area (Å²) in [6.45, 7) is 3.53. The monoisotopic (exact) mass is 366 g/mol. The molecule has 140 valence electrons. The molecule has 1 aliphatic carbocycles. The molecule has 0 aromatic heterocycles. The average Bonchev–Trinajstić information content (AvgIpc) is 3.47. The number of carbonyl (C=O) groups is 3. The summed E-state index contributed by atoms with van der Waals surface area (Å²) < 4.78 is 0. The fourth-order valence-corrected chi connectivity index (χ4v) is 3.09. The number of anilines is 2. The van der Waals surface area contributed by atoms with Gasteiger partial charge in [0.2, 0.25) is 5.91 Å². The summed E-state index contributed by atoms with van der Waals surface area (Å²) in [6, 6.07) is 10.1. The maximum atomic E-state index is 12.9. The summed E-state index contributed by atoms with van der Waals surface area (Å²) >= 11 is 0. The van der Waals surface area contributed by atoms with Crippen molar-refractivity contribution in [1.29, 1.82) is 0 Å². The Bertz CT molecular complexity index is 932. The van der Waals surface area contributed by atoms with Gasteiger partial charge in [0, 0.05) is 18.7 Å². The van der Waals surface area contributed by atoms with Crippen molar-refractivity contribution in [3.8, 4) is 0 Å². The van der Waals surface area contributed by atoms with Crippen LogP contribution >= 0.6 is 0 Å². The second kappa shape index (κ2) is 7.23. The summed E-state index contributed by atoms with van der Waals surface area (Å²) in [7, 11) is 1.67.